The number of aliphatic hydroxyl groups excluding tert-OH is 1. The third-order valence-electron chi connectivity index (χ3n) is 4.15. The Morgan fingerprint density at radius 3 is 2.96 bits per heavy atom. The fourth-order valence-corrected chi connectivity index (χ4v) is 3.11. The largest absolute Gasteiger partial charge is 0.459 e. The van der Waals surface area contributed by atoms with Gasteiger partial charge in [0.1, 0.15) is 5.82 Å². The first kappa shape index (κ1) is 15.0. The van der Waals surface area contributed by atoms with E-state index in [-0.39, 0.29) is 11.9 Å². The average molecular weight is 329 g/mol. The van der Waals surface area contributed by atoms with Crippen molar-refractivity contribution in [3.63, 3.8) is 0 Å². The van der Waals surface area contributed by atoms with Crippen LogP contribution in [0.3, 0.4) is 0 Å². The number of β-amino-alcohol motifs (C(OH)–C–C–N with tert-alkyl or cyclic N) is 1. The lowest BCUT2D eigenvalue weighted by molar-refractivity contribution is 0.167. The topological polar surface area (TPSA) is 75.5 Å². The molecule has 3 aromatic rings. The lowest BCUT2D eigenvalue weighted by Crippen LogP contribution is -2.24. The fourth-order valence-electron chi connectivity index (χ4n) is 3.11. The van der Waals surface area contributed by atoms with Crippen LogP contribution in [0.5, 0.6) is 0 Å². The third kappa shape index (κ3) is 2.95. The van der Waals surface area contributed by atoms with Crippen LogP contribution in [0.1, 0.15) is 23.9 Å². The number of rotatable bonds is 4. The molecular formula is C17H16FN3O3. The molecule has 1 aromatic carbocycles. The molecule has 0 saturated carbocycles. The minimum absolute atomic E-state index is 0.0883. The van der Waals surface area contributed by atoms with Crippen molar-refractivity contribution in [3.8, 4) is 11.7 Å². The lowest BCUT2D eigenvalue weighted by atomic mass is 10.0. The predicted octanol–water partition coefficient (Wildman–Crippen LogP) is 2.78. The van der Waals surface area contributed by atoms with Gasteiger partial charge in [-0.2, -0.15) is 0 Å². The number of benzene rings is 1. The number of hydrogen-bond donors (Lipinski definition) is 1. The summed E-state index contributed by atoms with van der Waals surface area (Å²) >= 11 is 0. The Labute approximate surface area is 137 Å². The molecule has 0 amide bonds. The zero-order chi connectivity index (χ0) is 16.5. The summed E-state index contributed by atoms with van der Waals surface area (Å²) in [7, 11) is 0. The highest BCUT2D eigenvalue weighted by Crippen LogP contribution is 2.33. The van der Waals surface area contributed by atoms with Crippen LogP contribution in [0.25, 0.3) is 11.7 Å². The molecule has 6 nitrogen and oxygen atoms in total. The lowest BCUT2D eigenvalue weighted by Gasteiger charge is -2.22. The molecule has 4 rings (SSSR count). The summed E-state index contributed by atoms with van der Waals surface area (Å²) in [5.74, 6) is 0.970. The molecule has 0 bridgehead atoms. The van der Waals surface area contributed by atoms with Crippen LogP contribution in [0, 0.1) is 5.82 Å². The summed E-state index contributed by atoms with van der Waals surface area (Å²) in [6.45, 7) is 0.853. The van der Waals surface area contributed by atoms with Crippen molar-refractivity contribution in [2.75, 3.05) is 6.54 Å². The molecule has 1 saturated heterocycles. The monoisotopic (exact) mass is 329 g/mol. The highest BCUT2D eigenvalue weighted by molar-refractivity contribution is 5.42. The summed E-state index contributed by atoms with van der Waals surface area (Å²) in [4.78, 5) is 2.01. The van der Waals surface area contributed by atoms with Gasteiger partial charge >= 0.3 is 0 Å². The van der Waals surface area contributed by atoms with Crippen molar-refractivity contribution in [1.82, 2.24) is 15.1 Å². The van der Waals surface area contributed by atoms with Crippen LogP contribution < -0.4 is 0 Å². The molecule has 1 aliphatic rings. The first-order chi connectivity index (χ1) is 11.7. The Kier molecular flexibility index (Phi) is 3.87. The number of hydrogen-bond acceptors (Lipinski definition) is 6. The van der Waals surface area contributed by atoms with E-state index in [1.165, 1.54) is 18.4 Å². The predicted molar refractivity (Wildman–Crippen MR) is 82.2 cm³/mol. The van der Waals surface area contributed by atoms with Crippen molar-refractivity contribution in [3.05, 3.63) is 59.9 Å². The summed E-state index contributed by atoms with van der Waals surface area (Å²) < 4.78 is 24.4. The van der Waals surface area contributed by atoms with Crippen LogP contribution in [-0.4, -0.2) is 32.9 Å². The summed E-state index contributed by atoms with van der Waals surface area (Å²) in [5.41, 5.74) is 0.831. The Hall–Kier alpha value is -2.51. The van der Waals surface area contributed by atoms with Crippen LogP contribution in [0.15, 0.2) is 51.5 Å². The van der Waals surface area contributed by atoms with E-state index in [1.807, 2.05) is 11.0 Å². The molecule has 124 valence electrons. The molecule has 7 heteroatoms. The molecular weight excluding hydrogens is 313 g/mol. The van der Waals surface area contributed by atoms with E-state index in [2.05, 4.69) is 10.2 Å². The SMILES string of the molecule is O[C@@H]1C[C@@H](c2cccc(F)c2)N(Cc2nnc(-c3ccco3)o2)C1. The van der Waals surface area contributed by atoms with Gasteiger partial charge in [-0.25, -0.2) is 4.39 Å². The van der Waals surface area contributed by atoms with Gasteiger partial charge in [-0.15, -0.1) is 10.2 Å². The average Bonchev–Trinajstić information content (AvgIpc) is 3.28. The zero-order valence-electron chi connectivity index (χ0n) is 12.8. The molecule has 1 N–H and O–H groups in total. The molecule has 2 atom stereocenters. The fraction of sp³-hybridized carbons (Fsp3) is 0.294. The molecule has 0 radical (unpaired) electrons. The number of nitrogens with zero attached hydrogens (tertiary/aromatic N) is 3. The molecule has 1 fully saturated rings. The van der Waals surface area contributed by atoms with Gasteiger partial charge in [-0.3, -0.25) is 4.90 Å². The second-order valence-corrected chi connectivity index (χ2v) is 5.87. The Bertz CT molecular complexity index is 818. The van der Waals surface area contributed by atoms with Gasteiger partial charge in [0, 0.05) is 12.6 Å². The van der Waals surface area contributed by atoms with Crippen molar-refractivity contribution in [2.45, 2.75) is 25.1 Å². The molecule has 0 spiro atoms. The third-order valence-corrected chi connectivity index (χ3v) is 4.15. The highest BCUT2D eigenvalue weighted by Gasteiger charge is 2.33. The van der Waals surface area contributed by atoms with Gasteiger partial charge in [0.05, 0.1) is 18.9 Å². The van der Waals surface area contributed by atoms with Crippen molar-refractivity contribution in [1.29, 1.82) is 0 Å². The van der Waals surface area contributed by atoms with E-state index < -0.39 is 6.10 Å². The maximum atomic E-state index is 13.5. The normalized spacial score (nSPS) is 21.4. The number of aliphatic hydroxyl groups is 1. The van der Waals surface area contributed by atoms with Gasteiger partial charge in [0.15, 0.2) is 5.76 Å². The van der Waals surface area contributed by atoms with E-state index in [0.29, 0.717) is 37.1 Å². The van der Waals surface area contributed by atoms with Gasteiger partial charge in [-0.1, -0.05) is 12.1 Å². The van der Waals surface area contributed by atoms with Crippen molar-refractivity contribution >= 4 is 0 Å². The Morgan fingerprint density at radius 1 is 1.25 bits per heavy atom. The van der Waals surface area contributed by atoms with Crippen molar-refractivity contribution < 1.29 is 18.3 Å². The number of likely N-dealkylation sites (tertiary alicyclic amines) is 1. The first-order valence-electron chi connectivity index (χ1n) is 7.73. The Balaban J connectivity index is 1.54. The molecule has 24 heavy (non-hydrogen) atoms. The van der Waals surface area contributed by atoms with E-state index in [9.17, 15) is 9.50 Å². The number of aromatic nitrogens is 2. The molecule has 0 aliphatic carbocycles. The van der Waals surface area contributed by atoms with Crippen LogP contribution in [0.4, 0.5) is 4.39 Å². The van der Waals surface area contributed by atoms with E-state index in [1.54, 1.807) is 18.2 Å². The highest BCUT2D eigenvalue weighted by atomic mass is 19.1. The first-order valence-corrected chi connectivity index (χ1v) is 7.73. The minimum Gasteiger partial charge on any atom is -0.459 e. The standard InChI is InChI=1S/C17H16FN3O3/c18-12-4-1-3-11(7-12)14-8-13(22)9-21(14)10-16-19-20-17(24-16)15-5-2-6-23-15/h1-7,13-14,22H,8-10H2/t13-,14+/m1/s1. The van der Waals surface area contributed by atoms with Gasteiger partial charge in [-0.05, 0) is 36.2 Å². The number of halogens is 1. The smallest absolute Gasteiger partial charge is 0.283 e. The second kappa shape index (κ2) is 6.18. The molecule has 1 aliphatic heterocycles. The quantitative estimate of drug-likeness (QED) is 0.793. The minimum atomic E-state index is -0.467. The van der Waals surface area contributed by atoms with E-state index in [0.717, 1.165) is 5.56 Å². The maximum Gasteiger partial charge on any atom is 0.283 e. The van der Waals surface area contributed by atoms with Crippen LogP contribution >= 0.6 is 0 Å². The van der Waals surface area contributed by atoms with Crippen LogP contribution in [-0.2, 0) is 6.54 Å². The zero-order valence-corrected chi connectivity index (χ0v) is 12.8. The van der Waals surface area contributed by atoms with Crippen molar-refractivity contribution in [2.24, 2.45) is 0 Å². The number of furan rings is 1. The summed E-state index contributed by atoms with van der Waals surface area (Å²) in [6, 6.07) is 9.85. The molecule has 2 aromatic heterocycles. The molecule has 3 heterocycles. The van der Waals surface area contributed by atoms with Gasteiger partial charge in [0.25, 0.3) is 5.89 Å². The van der Waals surface area contributed by atoms with Gasteiger partial charge < -0.3 is 13.9 Å². The second-order valence-electron chi connectivity index (χ2n) is 5.87. The summed E-state index contributed by atoms with van der Waals surface area (Å²) in [6.07, 6.45) is 1.62. The van der Waals surface area contributed by atoms with E-state index >= 15 is 0 Å². The summed E-state index contributed by atoms with van der Waals surface area (Å²) in [5, 5.41) is 18.0. The molecule has 0 unspecified atom stereocenters. The Morgan fingerprint density at radius 2 is 2.17 bits per heavy atom. The van der Waals surface area contributed by atoms with Gasteiger partial charge in [0.2, 0.25) is 5.89 Å². The maximum absolute atomic E-state index is 13.5. The van der Waals surface area contributed by atoms with E-state index in [4.69, 9.17) is 8.83 Å². The van der Waals surface area contributed by atoms with Crippen LogP contribution in [0.2, 0.25) is 0 Å².